The highest BCUT2D eigenvalue weighted by atomic mass is 32.2. The van der Waals surface area contributed by atoms with Crippen molar-refractivity contribution < 1.29 is 0 Å². The topological polar surface area (TPSA) is 55.9 Å². The predicted molar refractivity (Wildman–Crippen MR) is 79.9 cm³/mol. The fraction of sp³-hybridized carbons (Fsp3) is 0.357. The van der Waals surface area contributed by atoms with Crippen molar-refractivity contribution in [2.75, 3.05) is 5.75 Å². The molecule has 0 spiro atoms. The summed E-state index contributed by atoms with van der Waals surface area (Å²) < 4.78 is 1.91. The van der Waals surface area contributed by atoms with Crippen LogP contribution in [0.1, 0.15) is 24.1 Å². The molecular formula is C14H20N4S. The summed E-state index contributed by atoms with van der Waals surface area (Å²) in [6, 6.07) is 8.62. The van der Waals surface area contributed by atoms with Crippen LogP contribution < -0.4 is 11.3 Å². The van der Waals surface area contributed by atoms with Gasteiger partial charge in [0.25, 0.3) is 0 Å². The van der Waals surface area contributed by atoms with Crippen LogP contribution in [0.2, 0.25) is 0 Å². The number of aromatic nitrogens is 2. The number of thioether (sulfide) groups is 1. The predicted octanol–water partition coefficient (Wildman–Crippen LogP) is 2.51. The molecule has 1 aromatic heterocycles. The van der Waals surface area contributed by atoms with Crippen LogP contribution in [0, 0.1) is 6.92 Å². The van der Waals surface area contributed by atoms with E-state index in [9.17, 15) is 0 Å². The van der Waals surface area contributed by atoms with Gasteiger partial charge in [0.2, 0.25) is 0 Å². The van der Waals surface area contributed by atoms with Gasteiger partial charge in [-0.25, -0.2) is 0 Å². The summed E-state index contributed by atoms with van der Waals surface area (Å²) in [7, 11) is 0. The molecule has 1 heterocycles. The largest absolute Gasteiger partial charge is 0.273 e. The average molecular weight is 276 g/mol. The van der Waals surface area contributed by atoms with Gasteiger partial charge in [0.15, 0.2) is 0 Å². The number of nitrogens with one attached hydrogen (secondary N) is 1. The number of hydrazine groups is 1. The van der Waals surface area contributed by atoms with Crippen molar-refractivity contribution in [1.29, 1.82) is 0 Å². The molecule has 3 N–H and O–H groups in total. The Labute approximate surface area is 118 Å². The molecule has 0 bridgehead atoms. The van der Waals surface area contributed by atoms with E-state index in [-0.39, 0.29) is 6.04 Å². The summed E-state index contributed by atoms with van der Waals surface area (Å²) in [4.78, 5) is 1.27. The third-order valence-electron chi connectivity index (χ3n) is 2.99. The van der Waals surface area contributed by atoms with Gasteiger partial charge < -0.3 is 0 Å². The van der Waals surface area contributed by atoms with Crippen molar-refractivity contribution >= 4 is 11.8 Å². The van der Waals surface area contributed by atoms with Crippen molar-refractivity contribution in [1.82, 2.24) is 15.2 Å². The van der Waals surface area contributed by atoms with E-state index in [4.69, 9.17) is 5.84 Å². The molecule has 0 radical (unpaired) electrons. The summed E-state index contributed by atoms with van der Waals surface area (Å²) in [6.45, 7) is 5.06. The lowest BCUT2D eigenvalue weighted by molar-refractivity contribution is 0.607. The summed E-state index contributed by atoms with van der Waals surface area (Å²) in [5.41, 5.74) is 5.27. The van der Waals surface area contributed by atoms with E-state index in [2.05, 4.69) is 48.6 Å². The zero-order chi connectivity index (χ0) is 13.7. The Balaban J connectivity index is 1.99. The molecule has 2 rings (SSSR count). The lowest BCUT2D eigenvalue weighted by Crippen LogP contribution is -2.29. The van der Waals surface area contributed by atoms with Crippen LogP contribution in [0.3, 0.4) is 0 Å². The average Bonchev–Trinajstić information content (AvgIpc) is 2.88. The monoisotopic (exact) mass is 276 g/mol. The van der Waals surface area contributed by atoms with E-state index >= 15 is 0 Å². The first-order valence-corrected chi connectivity index (χ1v) is 7.39. The third-order valence-corrected chi connectivity index (χ3v) is 4.07. The maximum Gasteiger partial charge on any atom is 0.0584 e. The fourth-order valence-corrected chi connectivity index (χ4v) is 2.95. The first-order valence-electron chi connectivity index (χ1n) is 6.41. The standard InChI is InChI=1S/C14H20N4S/c1-3-18-9-12(8-16-18)14(17-15)10-19-13-6-4-5-11(2)7-13/h4-9,14,17H,3,10,15H2,1-2H3. The summed E-state index contributed by atoms with van der Waals surface area (Å²) in [6.07, 6.45) is 3.92. The normalized spacial score (nSPS) is 12.6. The highest BCUT2D eigenvalue weighted by Crippen LogP contribution is 2.24. The Morgan fingerprint density at radius 3 is 2.95 bits per heavy atom. The van der Waals surface area contributed by atoms with E-state index < -0.39 is 0 Å². The highest BCUT2D eigenvalue weighted by Gasteiger charge is 2.12. The smallest absolute Gasteiger partial charge is 0.0584 e. The van der Waals surface area contributed by atoms with E-state index in [1.807, 2.05) is 17.1 Å². The second-order valence-corrected chi connectivity index (χ2v) is 5.57. The van der Waals surface area contributed by atoms with Crippen LogP contribution >= 0.6 is 11.8 Å². The van der Waals surface area contributed by atoms with Crippen LogP contribution in [-0.2, 0) is 6.54 Å². The molecule has 0 fully saturated rings. The number of hydrogen-bond donors (Lipinski definition) is 2. The molecule has 0 aliphatic rings. The highest BCUT2D eigenvalue weighted by molar-refractivity contribution is 7.99. The van der Waals surface area contributed by atoms with Gasteiger partial charge >= 0.3 is 0 Å². The van der Waals surface area contributed by atoms with Gasteiger partial charge in [0.1, 0.15) is 0 Å². The van der Waals surface area contributed by atoms with Gasteiger partial charge in [-0.3, -0.25) is 16.0 Å². The number of nitrogens with zero attached hydrogens (tertiary/aromatic N) is 2. The van der Waals surface area contributed by atoms with E-state index in [1.165, 1.54) is 10.5 Å². The second-order valence-electron chi connectivity index (χ2n) is 4.48. The van der Waals surface area contributed by atoms with Crippen LogP contribution in [0.5, 0.6) is 0 Å². The number of aryl methyl sites for hydroxylation is 2. The first kappa shape index (κ1) is 14.1. The quantitative estimate of drug-likeness (QED) is 0.483. The fourth-order valence-electron chi connectivity index (χ4n) is 1.86. The molecular weight excluding hydrogens is 256 g/mol. The van der Waals surface area contributed by atoms with Gasteiger partial charge in [-0.15, -0.1) is 11.8 Å². The Hall–Kier alpha value is -1.30. The second kappa shape index (κ2) is 6.75. The van der Waals surface area contributed by atoms with Crippen molar-refractivity contribution in [2.24, 2.45) is 5.84 Å². The molecule has 0 saturated carbocycles. The number of benzene rings is 1. The van der Waals surface area contributed by atoms with Crippen molar-refractivity contribution in [3.8, 4) is 0 Å². The molecule has 19 heavy (non-hydrogen) atoms. The Morgan fingerprint density at radius 1 is 1.47 bits per heavy atom. The molecule has 1 unspecified atom stereocenters. The Morgan fingerprint density at radius 2 is 2.32 bits per heavy atom. The van der Waals surface area contributed by atoms with Gasteiger partial charge in [-0.05, 0) is 26.0 Å². The van der Waals surface area contributed by atoms with Gasteiger partial charge in [-0.1, -0.05) is 17.7 Å². The maximum absolute atomic E-state index is 5.65. The molecule has 5 heteroatoms. The number of rotatable bonds is 6. The zero-order valence-electron chi connectivity index (χ0n) is 11.3. The number of nitrogens with two attached hydrogens (primary N) is 1. The minimum Gasteiger partial charge on any atom is -0.273 e. The molecule has 0 aliphatic carbocycles. The van der Waals surface area contributed by atoms with Crippen LogP contribution in [-0.4, -0.2) is 15.5 Å². The molecule has 2 aromatic rings. The molecule has 0 saturated heterocycles. The third kappa shape index (κ3) is 3.83. The molecule has 0 amide bonds. The van der Waals surface area contributed by atoms with E-state index in [0.29, 0.717) is 0 Å². The first-order chi connectivity index (χ1) is 9.22. The summed E-state index contributed by atoms with van der Waals surface area (Å²) >= 11 is 1.80. The van der Waals surface area contributed by atoms with Crippen LogP contribution in [0.4, 0.5) is 0 Å². The number of hydrogen-bond acceptors (Lipinski definition) is 4. The van der Waals surface area contributed by atoms with Crippen molar-refractivity contribution in [2.45, 2.75) is 31.3 Å². The minimum absolute atomic E-state index is 0.116. The van der Waals surface area contributed by atoms with Crippen LogP contribution in [0.25, 0.3) is 0 Å². The molecule has 1 aromatic carbocycles. The summed E-state index contributed by atoms with van der Waals surface area (Å²) in [5.74, 6) is 6.53. The van der Waals surface area contributed by atoms with E-state index in [0.717, 1.165) is 17.9 Å². The summed E-state index contributed by atoms with van der Waals surface area (Å²) in [5, 5.41) is 4.28. The lowest BCUT2D eigenvalue weighted by atomic mass is 10.2. The maximum atomic E-state index is 5.65. The molecule has 102 valence electrons. The lowest BCUT2D eigenvalue weighted by Gasteiger charge is -2.13. The van der Waals surface area contributed by atoms with Crippen molar-refractivity contribution in [3.63, 3.8) is 0 Å². The SMILES string of the molecule is CCn1cc(C(CSc2cccc(C)c2)NN)cn1. The van der Waals surface area contributed by atoms with Gasteiger partial charge in [0, 0.05) is 29.0 Å². The van der Waals surface area contributed by atoms with Crippen molar-refractivity contribution in [3.05, 3.63) is 47.8 Å². The minimum atomic E-state index is 0.116. The van der Waals surface area contributed by atoms with Crippen LogP contribution in [0.15, 0.2) is 41.6 Å². The molecule has 4 nitrogen and oxygen atoms in total. The molecule has 1 atom stereocenters. The van der Waals surface area contributed by atoms with Gasteiger partial charge in [-0.2, -0.15) is 5.10 Å². The molecule has 0 aliphatic heterocycles. The Kier molecular flexibility index (Phi) is 5.01. The van der Waals surface area contributed by atoms with Gasteiger partial charge in [0.05, 0.1) is 12.2 Å². The zero-order valence-corrected chi connectivity index (χ0v) is 12.2. The van der Waals surface area contributed by atoms with E-state index in [1.54, 1.807) is 11.8 Å². The Bertz CT molecular complexity index is 524.